The minimum absolute atomic E-state index is 0.482. The molecule has 0 spiro atoms. The molecule has 2 nitrogen and oxygen atoms in total. The van der Waals surface area contributed by atoms with Crippen molar-refractivity contribution in [1.82, 2.24) is 0 Å². The molecule has 0 atom stereocenters. The molecule has 0 bridgehead atoms. The Morgan fingerprint density at radius 3 is 2.88 bits per heavy atom. The van der Waals surface area contributed by atoms with Gasteiger partial charge < -0.3 is 10.0 Å². The minimum atomic E-state index is 0.482. The molecule has 0 aromatic heterocycles. The molecule has 1 aliphatic heterocycles. The molecule has 0 saturated heterocycles. The highest BCUT2D eigenvalue weighted by Crippen LogP contribution is 2.36. The monoisotopic (exact) mass is 217 g/mol. The lowest BCUT2D eigenvalue weighted by Crippen LogP contribution is -2.36. The predicted octanol–water partition coefficient (Wildman–Crippen LogP) is 2.94. The van der Waals surface area contributed by atoms with Gasteiger partial charge in [0.2, 0.25) is 0 Å². The summed E-state index contributed by atoms with van der Waals surface area (Å²) in [5.41, 5.74) is 2.44. The number of benzene rings is 1. The third-order valence-corrected chi connectivity index (χ3v) is 4.03. The molecule has 86 valence electrons. The summed E-state index contributed by atoms with van der Waals surface area (Å²) in [6.07, 6.45) is 6.40. The summed E-state index contributed by atoms with van der Waals surface area (Å²) in [6.45, 7) is 2.35. The van der Waals surface area contributed by atoms with Gasteiger partial charge in [-0.1, -0.05) is 12.5 Å². The van der Waals surface area contributed by atoms with Gasteiger partial charge in [-0.15, -0.1) is 0 Å². The van der Waals surface area contributed by atoms with E-state index in [-0.39, 0.29) is 0 Å². The maximum Gasteiger partial charge on any atom is 0.120 e. The first-order valence-electron chi connectivity index (χ1n) is 6.40. The van der Waals surface area contributed by atoms with Gasteiger partial charge in [0.15, 0.2) is 0 Å². The molecule has 1 heterocycles. The normalized spacial score (nSPS) is 20.4. The molecule has 1 aromatic carbocycles. The second-order valence-electron chi connectivity index (χ2n) is 5.12. The molecule has 3 rings (SSSR count). The molecule has 1 saturated carbocycles. The number of fused-ring (bicyclic) bond motifs is 1. The van der Waals surface area contributed by atoms with Gasteiger partial charge in [0.25, 0.3) is 0 Å². The quantitative estimate of drug-likeness (QED) is 0.823. The number of hydrogen-bond acceptors (Lipinski definition) is 2. The van der Waals surface area contributed by atoms with Crippen LogP contribution in [0.5, 0.6) is 5.75 Å². The van der Waals surface area contributed by atoms with Crippen molar-refractivity contribution >= 4 is 5.69 Å². The Morgan fingerprint density at radius 2 is 2.12 bits per heavy atom. The Labute approximate surface area is 96.9 Å². The Hall–Kier alpha value is -1.18. The molecule has 1 aromatic rings. The smallest absolute Gasteiger partial charge is 0.120 e. The zero-order valence-corrected chi connectivity index (χ0v) is 9.65. The summed E-state index contributed by atoms with van der Waals surface area (Å²) in [5.74, 6) is 1.38. The summed E-state index contributed by atoms with van der Waals surface area (Å²) in [7, 11) is 0. The topological polar surface area (TPSA) is 23.5 Å². The number of anilines is 1. The Morgan fingerprint density at radius 1 is 1.25 bits per heavy atom. The number of hydrogen-bond donors (Lipinski definition) is 1. The van der Waals surface area contributed by atoms with Crippen molar-refractivity contribution in [1.29, 1.82) is 0 Å². The van der Waals surface area contributed by atoms with Gasteiger partial charge in [0.05, 0.1) is 0 Å². The van der Waals surface area contributed by atoms with Crippen molar-refractivity contribution in [2.45, 2.75) is 32.1 Å². The highest BCUT2D eigenvalue weighted by atomic mass is 16.3. The van der Waals surface area contributed by atoms with Gasteiger partial charge in [0, 0.05) is 24.3 Å². The van der Waals surface area contributed by atoms with Crippen LogP contribution in [0.15, 0.2) is 18.2 Å². The van der Waals surface area contributed by atoms with E-state index in [0.29, 0.717) is 5.75 Å². The molecule has 16 heavy (non-hydrogen) atoms. The summed E-state index contributed by atoms with van der Waals surface area (Å²) < 4.78 is 0. The number of rotatable bonds is 2. The van der Waals surface area contributed by atoms with E-state index in [9.17, 15) is 5.11 Å². The fraction of sp³-hybridized carbons (Fsp3) is 0.571. The molecule has 1 N–H and O–H groups in total. The van der Waals surface area contributed by atoms with Crippen LogP contribution < -0.4 is 4.90 Å². The summed E-state index contributed by atoms with van der Waals surface area (Å²) in [6, 6.07) is 5.94. The lowest BCUT2D eigenvalue weighted by atomic mass is 9.84. The summed E-state index contributed by atoms with van der Waals surface area (Å²) in [4.78, 5) is 2.47. The largest absolute Gasteiger partial charge is 0.508 e. The standard InChI is InChI=1S/C14H19NO/c16-14-8-2-7-13-12(14)6-3-9-15(13)10-11-4-1-5-11/h2,7-8,11,16H,1,3-6,9-10H2. The molecule has 1 aliphatic carbocycles. The number of phenols is 1. The number of aromatic hydroxyl groups is 1. The minimum Gasteiger partial charge on any atom is -0.508 e. The van der Waals surface area contributed by atoms with Crippen LogP contribution in [0.3, 0.4) is 0 Å². The van der Waals surface area contributed by atoms with E-state index in [1.807, 2.05) is 12.1 Å². The van der Waals surface area contributed by atoms with E-state index in [4.69, 9.17) is 0 Å². The molecule has 2 heteroatoms. The summed E-state index contributed by atoms with van der Waals surface area (Å²) in [5, 5.41) is 9.85. The molecule has 1 fully saturated rings. The van der Waals surface area contributed by atoms with Crippen LogP contribution in [0.2, 0.25) is 0 Å². The Kier molecular flexibility index (Phi) is 2.50. The fourth-order valence-electron chi connectivity index (χ4n) is 2.86. The first-order valence-corrected chi connectivity index (χ1v) is 6.40. The maximum atomic E-state index is 9.85. The van der Waals surface area contributed by atoms with Gasteiger partial charge >= 0.3 is 0 Å². The van der Waals surface area contributed by atoms with Gasteiger partial charge in [-0.3, -0.25) is 0 Å². The summed E-state index contributed by atoms with van der Waals surface area (Å²) >= 11 is 0. The van der Waals surface area contributed by atoms with Crippen LogP contribution in [-0.2, 0) is 6.42 Å². The second kappa shape index (κ2) is 4.00. The first kappa shape index (κ1) is 10.0. The van der Waals surface area contributed by atoms with E-state index < -0.39 is 0 Å². The van der Waals surface area contributed by atoms with Crippen LogP contribution in [0, 0.1) is 5.92 Å². The Balaban J connectivity index is 1.84. The van der Waals surface area contributed by atoms with Crippen LogP contribution in [0.4, 0.5) is 5.69 Å². The Bertz CT molecular complexity index is 384. The lowest BCUT2D eigenvalue weighted by molar-refractivity contribution is 0.315. The van der Waals surface area contributed by atoms with Crippen molar-refractivity contribution in [2.75, 3.05) is 18.0 Å². The molecular formula is C14H19NO. The van der Waals surface area contributed by atoms with E-state index in [0.717, 1.165) is 24.4 Å². The predicted molar refractivity (Wildman–Crippen MR) is 66.0 cm³/mol. The molecule has 0 radical (unpaired) electrons. The van der Waals surface area contributed by atoms with E-state index in [2.05, 4.69) is 11.0 Å². The van der Waals surface area contributed by atoms with Gasteiger partial charge in [-0.05, 0) is 43.7 Å². The number of phenolic OH excluding ortho intramolecular Hbond substituents is 1. The third-order valence-electron chi connectivity index (χ3n) is 4.03. The van der Waals surface area contributed by atoms with E-state index in [1.165, 1.54) is 37.9 Å². The highest BCUT2D eigenvalue weighted by Gasteiger charge is 2.24. The SMILES string of the molecule is Oc1cccc2c1CCCN2CC1CCC1. The average molecular weight is 217 g/mol. The van der Waals surface area contributed by atoms with Gasteiger partial charge in [0.1, 0.15) is 5.75 Å². The zero-order chi connectivity index (χ0) is 11.0. The van der Waals surface area contributed by atoms with Crippen molar-refractivity contribution < 1.29 is 5.11 Å². The van der Waals surface area contributed by atoms with Gasteiger partial charge in [-0.2, -0.15) is 0 Å². The van der Waals surface area contributed by atoms with Crippen molar-refractivity contribution in [3.05, 3.63) is 23.8 Å². The second-order valence-corrected chi connectivity index (χ2v) is 5.12. The van der Waals surface area contributed by atoms with Crippen LogP contribution in [-0.4, -0.2) is 18.2 Å². The molecular weight excluding hydrogens is 198 g/mol. The first-order chi connectivity index (χ1) is 7.84. The molecule has 0 amide bonds. The zero-order valence-electron chi connectivity index (χ0n) is 9.65. The van der Waals surface area contributed by atoms with Crippen LogP contribution in [0.25, 0.3) is 0 Å². The number of nitrogens with zero attached hydrogens (tertiary/aromatic N) is 1. The van der Waals surface area contributed by atoms with E-state index in [1.54, 1.807) is 0 Å². The third kappa shape index (κ3) is 1.66. The van der Waals surface area contributed by atoms with Gasteiger partial charge in [-0.25, -0.2) is 0 Å². The van der Waals surface area contributed by atoms with Crippen molar-refractivity contribution in [2.24, 2.45) is 5.92 Å². The van der Waals surface area contributed by atoms with Crippen LogP contribution >= 0.6 is 0 Å². The van der Waals surface area contributed by atoms with Crippen molar-refractivity contribution in [3.8, 4) is 5.75 Å². The lowest BCUT2D eigenvalue weighted by Gasteiger charge is -2.37. The molecule has 2 aliphatic rings. The van der Waals surface area contributed by atoms with E-state index >= 15 is 0 Å². The molecule has 0 unspecified atom stereocenters. The fourth-order valence-corrected chi connectivity index (χ4v) is 2.86. The maximum absolute atomic E-state index is 9.85. The average Bonchev–Trinajstić information content (AvgIpc) is 2.24. The van der Waals surface area contributed by atoms with Crippen LogP contribution in [0.1, 0.15) is 31.2 Å². The highest BCUT2D eigenvalue weighted by molar-refractivity contribution is 5.60. The van der Waals surface area contributed by atoms with Crippen molar-refractivity contribution in [3.63, 3.8) is 0 Å².